The van der Waals surface area contributed by atoms with Gasteiger partial charge in [0.2, 0.25) is 11.9 Å². The Morgan fingerprint density at radius 3 is 1.41 bits per heavy atom. The lowest BCUT2D eigenvalue weighted by Gasteiger charge is -2.12. The average Bonchev–Trinajstić information content (AvgIpc) is 2.70. The summed E-state index contributed by atoms with van der Waals surface area (Å²) in [6.07, 6.45) is 0. The molecule has 0 saturated carbocycles. The smallest absolute Gasteiger partial charge is 0.211 e. The van der Waals surface area contributed by atoms with E-state index in [4.69, 9.17) is 35.2 Å². The largest absolute Gasteiger partial charge is 0.369 e. The van der Waals surface area contributed by atoms with Crippen LogP contribution in [-0.4, -0.2) is 28.5 Å². The van der Waals surface area contributed by atoms with Crippen molar-refractivity contribution in [3.63, 3.8) is 0 Å². The van der Waals surface area contributed by atoms with E-state index in [1.807, 2.05) is 48.5 Å². The number of hydrogen-bond donors (Lipinski definition) is 6. The zero-order valence-electron chi connectivity index (χ0n) is 17.4. The Kier molecular flexibility index (Phi) is 12.3. The SMILES string of the molecule is CC(=NN=C(N)N)c1cccc(NC(=S)Nc2cccc(C(C)=NN=C(N)N)c2)c1.Cl.Cl. The molecule has 172 valence electrons. The summed E-state index contributed by atoms with van der Waals surface area (Å²) in [7, 11) is 0. The summed E-state index contributed by atoms with van der Waals surface area (Å²) in [6.45, 7) is 3.61. The van der Waals surface area contributed by atoms with Gasteiger partial charge in [-0.25, -0.2) is 0 Å². The minimum atomic E-state index is -0.102. The fraction of sp³-hybridized carbons (Fsp3) is 0.105. The molecule has 2 rings (SSSR count). The van der Waals surface area contributed by atoms with Crippen molar-refractivity contribution in [3.8, 4) is 0 Å². The van der Waals surface area contributed by atoms with Gasteiger partial charge in [-0.05, 0) is 61.5 Å². The minimum absolute atomic E-state index is 0. The summed E-state index contributed by atoms with van der Waals surface area (Å²) >= 11 is 5.41. The number of halogens is 2. The number of benzene rings is 2. The first-order valence-electron chi connectivity index (χ1n) is 8.80. The maximum atomic E-state index is 5.41. The van der Waals surface area contributed by atoms with E-state index in [9.17, 15) is 0 Å². The van der Waals surface area contributed by atoms with E-state index in [1.54, 1.807) is 13.8 Å². The van der Waals surface area contributed by atoms with Crippen LogP contribution in [0, 0.1) is 0 Å². The topological polar surface area (TPSA) is 178 Å². The second-order valence-corrected chi connectivity index (χ2v) is 6.57. The third-order valence-electron chi connectivity index (χ3n) is 3.71. The predicted octanol–water partition coefficient (Wildman–Crippen LogP) is 2.33. The molecule has 0 fully saturated rings. The molecule has 10 nitrogen and oxygen atoms in total. The van der Waals surface area contributed by atoms with Crippen LogP contribution in [0.1, 0.15) is 25.0 Å². The van der Waals surface area contributed by atoms with E-state index >= 15 is 0 Å². The Labute approximate surface area is 204 Å². The highest BCUT2D eigenvalue weighted by molar-refractivity contribution is 7.80. The molecule has 32 heavy (non-hydrogen) atoms. The van der Waals surface area contributed by atoms with Crippen molar-refractivity contribution in [2.75, 3.05) is 10.6 Å². The van der Waals surface area contributed by atoms with Crippen LogP contribution in [0.5, 0.6) is 0 Å². The Bertz CT molecular complexity index is 960. The number of thiocarbonyl (C=S) groups is 1. The van der Waals surface area contributed by atoms with Crippen molar-refractivity contribution in [2.45, 2.75) is 13.8 Å². The predicted molar refractivity (Wildman–Crippen MR) is 143 cm³/mol. The second kappa shape index (κ2) is 13.8. The highest BCUT2D eigenvalue weighted by Gasteiger charge is 2.04. The van der Waals surface area contributed by atoms with Gasteiger partial charge in [0.15, 0.2) is 5.11 Å². The zero-order valence-corrected chi connectivity index (χ0v) is 19.9. The van der Waals surface area contributed by atoms with Gasteiger partial charge < -0.3 is 33.6 Å². The normalized spacial score (nSPS) is 10.7. The summed E-state index contributed by atoms with van der Waals surface area (Å²) < 4.78 is 0. The Balaban J connectivity index is 0.00000480. The van der Waals surface area contributed by atoms with Crippen molar-refractivity contribution in [2.24, 2.45) is 43.3 Å². The van der Waals surface area contributed by atoms with Crippen molar-refractivity contribution in [1.29, 1.82) is 0 Å². The molecule has 0 aliphatic rings. The van der Waals surface area contributed by atoms with E-state index in [-0.39, 0.29) is 36.7 Å². The summed E-state index contributed by atoms with van der Waals surface area (Å²) in [6, 6.07) is 15.1. The van der Waals surface area contributed by atoms with E-state index in [0.717, 1.165) is 22.5 Å². The average molecular weight is 497 g/mol. The van der Waals surface area contributed by atoms with Crippen LogP contribution in [0.25, 0.3) is 0 Å². The van der Waals surface area contributed by atoms with Crippen LogP contribution in [0.2, 0.25) is 0 Å². The van der Waals surface area contributed by atoms with E-state index in [1.165, 1.54) is 0 Å². The van der Waals surface area contributed by atoms with E-state index < -0.39 is 0 Å². The summed E-state index contributed by atoms with van der Waals surface area (Å²) in [5, 5.41) is 22.0. The summed E-state index contributed by atoms with van der Waals surface area (Å²) in [4.78, 5) is 0. The lowest BCUT2D eigenvalue weighted by Crippen LogP contribution is -2.22. The molecular formula is C19H26Cl2N10S. The minimum Gasteiger partial charge on any atom is -0.369 e. The number of rotatable bonds is 6. The molecule has 0 bridgehead atoms. The molecular weight excluding hydrogens is 471 g/mol. The highest BCUT2D eigenvalue weighted by Crippen LogP contribution is 2.15. The Hall–Kier alpha value is -3.41. The van der Waals surface area contributed by atoms with Gasteiger partial charge in [0, 0.05) is 11.4 Å². The Morgan fingerprint density at radius 2 is 1.06 bits per heavy atom. The fourth-order valence-corrected chi connectivity index (χ4v) is 2.55. The van der Waals surface area contributed by atoms with Crippen LogP contribution < -0.4 is 33.6 Å². The first-order valence-corrected chi connectivity index (χ1v) is 9.20. The lowest BCUT2D eigenvalue weighted by atomic mass is 10.1. The molecule has 2 aromatic carbocycles. The van der Waals surface area contributed by atoms with Crippen LogP contribution in [0.15, 0.2) is 68.9 Å². The molecule has 0 amide bonds. The molecule has 0 heterocycles. The number of nitrogens with one attached hydrogen (secondary N) is 2. The van der Waals surface area contributed by atoms with Gasteiger partial charge in [-0.2, -0.15) is 10.2 Å². The molecule has 10 N–H and O–H groups in total. The molecule has 0 unspecified atom stereocenters. The number of nitrogens with two attached hydrogens (primary N) is 4. The van der Waals surface area contributed by atoms with Crippen molar-refractivity contribution in [1.82, 2.24) is 0 Å². The maximum absolute atomic E-state index is 5.41. The maximum Gasteiger partial charge on any atom is 0.211 e. The first-order chi connectivity index (χ1) is 14.2. The molecule has 0 aliphatic heterocycles. The molecule has 0 aliphatic carbocycles. The summed E-state index contributed by atoms with van der Waals surface area (Å²) in [5.41, 5.74) is 25.8. The molecule has 2 aromatic rings. The number of anilines is 2. The highest BCUT2D eigenvalue weighted by atomic mass is 35.5. The summed E-state index contributed by atoms with van der Waals surface area (Å²) in [5.74, 6) is -0.204. The second-order valence-electron chi connectivity index (χ2n) is 6.16. The van der Waals surface area contributed by atoms with E-state index in [0.29, 0.717) is 16.5 Å². The quantitative estimate of drug-likeness (QED) is 0.153. The monoisotopic (exact) mass is 496 g/mol. The third kappa shape index (κ3) is 9.60. The van der Waals surface area contributed by atoms with Gasteiger partial charge in [0.05, 0.1) is 11.4 Å². The van der Waals surface area contributed by atoms with Crippen molar-refractivity contribution in [3.05, 3.63) is 59.7 Å². The van der Waals surface area contributed by atoms with Gasteiger partial charge in [-0.1, -0.05) is 24.3 Å². The number of guanidine groups is 2. The lowest BCUT2D eigenvalue weighted by molar-refractivity contribution is 1.20. The van der Waals surface area contributed by atoms with Crippen molar-refractivity contribution >= 4 is 76.9 Å². The Morgan fingerprint density at radius 1 is 0.688 bits per heavy atom. The van der Waals surface area contributed by atoms with E-state index in [2.05, 4.69) is 31.0 Å². The molecule has 13 heteroatoms. The van der Waals surface area contributed by atoms with Gasteiger partial charge in [0.25, 0.3) is 0 Å². The van der Waals surface area contributed by atoms with Crippen LogP contribution in [0.4, 0.5) is 11.4 Å². The molecule has 0 atom stereocenters. The van der Waals surface area contributed by atoms with Crippen LogP contribution >= 0.6 is 37.0 Å². The van der Waals surface area contributed by atoms with Gasteiger partial charge in [-0.3, -0.25) is 0 Å². The number of hydrogen-bond acceptors (Lipinski definition) is 5. The van der Waals surface area contributed by atoms with Crippen LogP contribution in [0.3, 0.4) is 0 Å². The molecule has 0 saturated heterocycles. The van der Waals surface area contributed by atoms with Crippen molar-refractivity contribution < 1.29 is 0 Å². The van der Waals surface area contributed by atoms with Crippen LogP contribution in [-0.2, 0) is 0 Å². The standard InChI is InChI=1S/C19H24N10S.2ClH/c1-11(26-28-17(20)21)13-5-3-7-15(9-13)24-19(30)25-16-8-4-6-14(10-16)12(2)27-29-18(22)23;;/h3-10H,1-2H3,(H4,20,21,28)(H4,22,23,29)(H2,24,25,30);2*1H. The zero-order chi connectivity index (χ0) is 22.1. The first kappa shape index (κ1) is 28.6. The van der Waals surface area contributed by atoms with Gasteiger partial charge >= 0.3 is 0 Å². The molecule has 0 radical (unpaired) electrons. The third-order valence-corrected chi connectivity index (χ3v) is 3.91. The van der Waals surface area contributed by atoms with Gasteiger partial charge in [-0.15, -0.1) is 35.0 Å². The van der Waals surface area contributed by atoms with Gasteiger partial charge in [0.1, 0.15) is 0 Å². The molecule has 0 spiro atoms. The number of nitrogens with zero attached hydrogens (tertiary/aromatic N) is 4. The molecule has 0 aromatic heterocycles. The fourth-order valence-electron chi connectivity index (χ4n) is 2.32.